The summed E-state index contributed by atoms with van der Waals surface area (Å²) in [5.74, 6) is 0.772. The number of nitriles is 1. The molecule has 0 saturated heterocycles. The fourth-order valence-electron chi connectivity index (χ4n) is 1.44. The SMILES string of the molecule is CS(=O)(=O)c1ccc(Oc2cnccc2C#N)cc1. The van der Waals surface area contributed by atoms with Gasteiger partial charge >= 0.3 is 0 Å². The summed E-state index contributed by atoms with van der Waals surface area (Å²) in [6.07, 6.45) is 4.07. The van der Waals surface area contributed by atoms with Crippen molar-refractivity contribution in [3.63, 3.8) is 0 Å². The van der Waals surface area contributed by atoms with E-state index in [1.807, 2.05) is 6.07 Å². The van der Waals surface area contributed by atoms with Crippen molar-refractivity contribution in [2.24, 2.45) is 0 Å². The summed E-state index contributed by atoms with van der Waals surface area (Å²) in [6.45, 7) is 0. The first-order valence-electron chi connectivity index (χ1n) is 5.33. The predicted octanol–water partition coefficient (Wildman–Crippen LogP) is 2.15. The van der Waals surface area contributed by atoms with E-state index >= 15 is 0 Å². The molecule has 0 spiro atoms. The van der Waals surface area contributed by atoms with Crippen LogP contribution in [0.15, 0.2) is 47.6 Å². The van der Waals surface area contributed by atoms with Gasteiger partial charge in [-0.3, -0.25) is 4.98 Å². The Kier molecular flexibility index (Phi) is 3.49. The molecular formula is C13H10N2O3S. The molecule has 96 valence electrons. The molecule has 1 heterocycles. The Balaban J connectivity index is 2.28. The monoisotopic (exact) mass is 274 g/mol. The quantitative estimate of drug-likeness (QED) is 0.856. The van der Waals surface area contributed by atoms with Crippen LogP contribution in [0.3, 0.4) is 0 Å². The lowest BCUT2D eigenvalue weighted by atomic mass is 10.3. The lowest BCUT2D eigenvalue weighted by molar-refractivity contribution is 0.478. The van der Waals surface area contributed by atoms with Gasteiger partial charge in [-0.2, -0.15) is 5.26 Å². The predicted molar refractivity (Wildman–Crippen MR) is 68.6 cm³/mol. The summed E-state index contributed by atoms with van der Waals surface area (Å²) >= 11 is 0. The smallest absolute Gasteiger partial charge is 0.175 e. The summed E-state index contributed by atoms with van der Waals surface area (Å²) in [7, 11) is -3.23. The third-order valence-electron chi connectivity index (χ3n) is 2.38. The molecule has 0 saturated carbocycles. The van der Waals surface area contributed by atoms with Crippen molar-refractivity contribution < 1.29 is 13.2 Å². The highest BCUT2D eigenvalue weighted by atomic mass is 32.2. The minimum atomic E-state index is -3.23. The first-order chi connectivity index (χ1) is 9.00. The van der Waals surface area contributed by atoms with Crippen LogP contribution in [0.4, 0.5) is 0 Å². The van der Waals surface area contributed by atoms with Gasteiger partial charge in [-0.15, -0.1) is 0 Å². The number of rotatable bonds is 3. The molecule has 19 heavy (non-hydrogen) atoms. The van der Waals surface area contributed by atoms with E-state index < -0.39 is 9.84 Å². The van der Waals surface area contributed by atoms with Crippen molar-refractivity contribution >= 4 is 9.84 Å². The zero-order chi connectivity index (χ0) is 13.9. The molecule has 1 aromatic heterocycles. The Hall–Kier alpha value is -2.39. The van der Waals surface area contributed by atoms with Crippen LogP contribution in [-0.4, -0.2) is 19.7 Å². The Labute approximate surface area is 111 Å². The molecule has 6 heteroatoms. The molecule has 0 unspecified atom stereocenters. The molecule has 0 atom stereocenters. The zero-order valence-electron chi connectivity index (χ0n) is 10.1. The number of hydrogen-bond donors (Lipinski definition) is 0. The maximum Gasteiger partial charge on any atom is 0.175 e. The lowest BCUT2D eigenvalue weighted by Gasteiger charge is -2.07. The molecule has 0 radical (unpaired) electrons. The Morgan fingerprint density at radius 1 is 1.21 bits per heavy atom. The second kappa shape index (κ2) is 5.08. The van der Waals surface area contributed by atoms with Crippen LogP contribution in [0.2, 0.25) is 0 Å². The molecule has 0 aliphatic carbocycles. The van der Waals surface area contributed by atoms with Gasteiger partial charge in [0.2, 0.25) is 0 Å². The highest BCUT2D eigenvalue weighted by Gasteiger charge is 2.08. The third kappa shape index (κ3) is 3.09. The van der Waals surface area contributed by atoms with Crippen LogP contribution in [-0.2, 0) is 9.84 Å². The largest absolute Gasteiger partial charge is 0.454 e. The van der Waals surface area contributed by atoms with Gasteiger partial charge in [0.25, 0.3) is 0 Å². The van der Waals surface area contributed by atoms with Crippen molar-refractivity contribution in [2.75, 3.05) is 6.26 Å². The third-order valence-corrected chi connectivity index (χ3v) is 3.51. The highest BCUT2D eigenvalue weighted by molar-refractivity contribution is 7.90. The van der Waals surface area contributed by atoms with E-state index in [2.05, 4.69) is 4.98 Å². The Morgan fingerprint density at radius 2 is 1.89 bits per heavy atom. The molecule has 0 bridgehead atoms. The summed E-state index contributed by atoms with van der Waals surface area (Å²) < 4.78 is 28.1. The van der Waals surface area contributed by atoms with Crippen LogP contribution in [0, 0.1) is 11.3 Å². The highest BCUT2D eigenvalue weighted by Crippen LogP contribution is 2.24. The first kappa shape index (κ1) is 13.1. The molecule has 2 aromatic rings. The van der Waals surface area contributed by atoms with E-state index in [0.717, 1.165) is 6.26 Å². The molecule has 2 rings (SSSR count). The zero-order valence-corrected chi connectivity index (χ0v) is 10.9. The minimum absolute atomic E-state index is 0.214. The Bertz CT molecular complexity index is 731. The molecule has 0 N–H and O–H groups in total. The van der Waals surface area contributed by atoms with E-state index in [1.54, 1.807) is 6.07 Å². The average molecular weight is 274 g/mol. The van der Waals surface area contributed by atoms with E-state index in [1.165, 1.54) is 36.7 Å². The lowest BCUT2D eigenvalue weighted by Crippen LogP contribution is -1.96. The number of pyridine rings is 1. The second-order valence-corrected chi connectivity index (χ2v) is 5.85. The van der Waals surface area contributed by atoms with Crippen molar-refractivity contribution in [1.82, 2.24) is 4.98 Å². The van der Waals surface area contributed by atoms with Crippen molar-refractivity contribution in [2.45, 2.75) is 4.90 Å². The number of sulfone groups is 1. The molecular weight excluding hydrogens is 264 g/mol. The number of nitrogens with zero attached hydrogens (tertiary/aromatic N) is 2. The molecule has 5 nitrogen and oxygen atoms in total. The number of benzene rings is 1. The van der Waals surface area contributed by atoms with Gasteiger partial charge in [0.15, 0.2) is 15.6 Å². The van der Waals surface area contributed by atoms with Crippen molar-refractivity contribution in [1.29, 1.82) is 5.26 Å². The maximum atomic E-state index is 11.3. The molecule has 0 aliphatic rings. The molecule has 0 amide bonds. The van der Waals surface area contributed by atoms with Gasteiger partial charge in [-0.05, 0) is 30.3 Å². The summed E-state index contributed by atoms with van der Waals surface area (Å²) in [5, 5.41) is 8.91. The van der Waals surface area contributed by atoms with Crippen LogP contribution in [0.25, 0.3) is 0 Å². The van der Waals surface area contributed by atoms with Crippen molar-refractivity contribution in [3.8, 4) is 17.6 Å². The normalized spacial score (nSPS) is 10.7. The van der Waals surface area contributed by atoms with E-state index in [9.17, 15) is 8.42 Å². The van der Waals surface area contributed by atoms with Crippen molar-refractivity contribution in [3.05, 3.63) is 48.3 Å². The van der Waals surface area contributed by atoms with Gasteiger partial charge in [0.1, 0.15) is 11.8 Å². The number of hydrogen-bond acceptors (Lipinski definition) is 5. The van der Waals surface area contributed by atoms with Gasteiger partial charge in [0.05, 0.1) is 16.7 Å². The van der Waals surface area contributed by atoms with E-state index in [0.29, 0.717) is 17.1 Å². The average Bonchev–Trinajstić information content (AvgIpc) is 2.39. The maximum absolute atomic E-state index is 11.3. The summed E-state index contributed by atoms with van der Waals surface area (Å²) in [5.41, 5.74) is 0.363. The Morgan fingerprint density at radius 3 is 2.47 bits per heavy atom. The summed E-state index contributed by atoms with van der Waals surface area (Å²) in [4.78, 5) is 4.09. The first-order valence-corrected chi connectivity index (χ1v) is 7.22. The number of ether oxygens (including phenoxy) is 1. The fraction of sp³-hybridized carbons (Fsp3) is 0.0769. The van der Waals surface area contributed by atoms with Gasteiger partial charge in [-0.1, -0.05) is 0 Å². The molecule has 0 fully saturated rings. The van der Waals surface area contributed by atoms with Crippen LogP contribution in [0.1, 0.15) is 5.56 Å². The topological polar surface area (TPSA) is 80.1 Å². The van der Waals surface area contributed by atoms with E-state index in [-0.39, 0.29) is 4.90 Å². The minimum Gasteiger partial charge on any atom is -0.454 e. The number of aromatic nitrogens is 1. The van der Waals surface area contributed by atoms with Crippen LogP contribution < -0.4 is 4.74 Å². The van der Waals surface area contributed by atoms with Gasteiger partial charge in [-0.25, -0.2) is 8.42 Å². The van der Waals surface area contributed by atoms with Crippen LogP contribution in [0.5, 0.6) is 11.5 Å². The fourth-order valence-corrected chi connectivity index (χ4v) is 2.07. The standard InChI is InChI=1S/C13H10N2O3S/c1-19(16,17)12-4-2-11(3-5-12)18-13-9-15-7-6-10(13)8-14/h2-7,9H,1H3. The van der Waals surface area contributed by atoms with Gasteiger partial charge < -0.3 is 4.74 Å². The summed E-state index contributed by atoms with van der Waals surface area (Å²) in [6, 6.07) is 9.50. The molecule has 0 aliphatic heterocycles. The van der Waals surface area contributed by atoms with Crippen LogP contribution >= 0.6 is 0 Å². The van der Waals surface area contributed by atoms with Gasteiger partial charge in [0, 0.05) is 12.5 Å². The second-order valence-electron chi connectivity index (χ2n) is 3.83. The van der Waals surface area contributed by atoms with E-state index in [4.69, 9.17) is 10.00 Å². The molecule has 1 aromatic carbocycles.